The van der Waals surface area contributed by atoms with E-state index in [1.54, 1.807) is 31.2 Å². The molecule has 0 fully saturated rings. The second-order valence-electron chi connectivity index (χ2n) is 6.11. The first-order valence-electron chi connectivity index (χ1n) is 8.24. The maximum Gasteiger partial charge on any atom is 0.405 e. The van der Waals surface area contributed by atoms with Crippen LogP contribution in [-0.2, 0) is 16.6 Å². The Morgan fingerprint density at radius 3 is 2.12 bits per heavy atom. The van der Waals surface area contributed by atoms with E-state index in [0.717, 1.165) is 5.56 Å². The van der Waals surface area contributed by atoms with Crippen LogP contribution in [0.4, 0.5) is 13.2 Å². The van der Waals surface area contributed by atoms with Crippen LogP contribution < -0.4 is 0 Å². The van der Waals surface area contributed by atoms with Crippen molar-refractivity contribution in [3.63, 3.8) is 0 Å². The van der Waals surface area contributed by atoms with E-state index in [1.807, 2.05) is 6.07 Å². The molecule has 1 atom stereocenters. The number of alkyl halides is 3. The molecule has 0 spiro atoms. The van der Waals surface area contributed by atoms with Gasteiger partial charge in [-0.05, 0) is 36.1 Å². The number of carbonyl (C=O) groups is 1. The number of phenolic OH excluding ortho intramolecular Hbond substituents is 1. The van der Waals surface area contributed by atoms with Crippen LogP contribution in [0.2, 0.25) is 0 Å². The van der Waals surface area contributed by atoms with Gasteiger partial charge < -0.3 is 5.11 Å². The Morgan fingerprint density at radius 1 is 1.00 bits per heavy atom. The molecule has 0 unspecified atom stereocenters. The summed E-state index contributed by atoms with van der Waals surface area (Å²) in [5.41, 5.74) is -1.82. The predicted octanol–water partition coefficient (Wildman–Crippen LogP) is 5.19. The van der Waals surface area contributed by atoms with Crippen LogP contribution in [0.15, 0.2) is 54.6 Å². The standard InChI is InChI=1S/C20H21F3O2/c1-2-14-19(20(21,22)23,16-9-11-17(24)12-10-16)18(25)13-8-15-6-4-3-5-7-15/h3-7,9-12,24H,2,8,13-14H2,1H3/t19-/m1/s1. The summed E-state index contributed by atoms with van der Waals surface area (Å²) in [6.45, 7) is 1.63. The molecule has 0 amide bonds. The number of halogens is 3. The number of benzene rings is 2. The van der Waals surface area contributed by atoms with Crippen molar-refractivity contribution in [3.05, 3.63) is 65.7 Å². The molecule has 0 saturated carbocycles. The number of hydrogen-bond acceptors (Lipinski definition) is 2. The SMILES string of the molecule is CCC[C@](C(=O)CCc1ccccc1)(c1ccc(O)cc1)C(F)(F)F. The summed E-state index contributed by atoms with van der Waals surface area (Å²) in [4.78, 5) is 12.8. The topological polar surface area (TPSA) is 37.3 Å². The maximum absolute atomic E-state index is 14.0. The van der Waals surface area contributed by atoms with Crippen molar-refractivity contribution in [2.75, 3.05) is 0 Å². The minimum atomic E-state index is -4.70. The van der Waals surface area contributed by atoms with Crippen molar-refractivity contribution in [2.24, 2.45) is 0 Å². The lowest BCUT2D eigenvalue weighted by Gasteiger charge is -2.35. The number of rotatable bonds is 7. The number of aromatic hydroxyl groups is 1. The number of hydrogen-bond donors (Lipinski definition) is 1. The van der Waals surface area contributed by atoms with Crippen molar-refractivity contribution >= 4 is 5.78 Å². The van der Waals surface area contributed by atoms with Crippen molar-refractivity contribution in [3.8, 4) is 5.75 Å². The summed E-state index contributed by atoms with van der Waals surface area (Å²) in [6, 6.07) is 13.8. The lowest BCUT2D eigenvalue weighted by atomic mass is 9.71. The van der Waals surface area contributed by atoms with E-state index in [9.17, 15) is 23.1 Å². The molecule has 0 bridgehead atoms. The molecule has 0 heterocycles. The molecule has 2 aromatic carbocycles. The molecule has 0 aromatic heterocycles. The van der Waals surface area contributed by atoms with E-state index < -0.39 is 17.4 Å². The van der Waals surface area contributed by atoms with E-state index >= 15 is 0 Å². The summed E-state index contributed by atoms with van der Waals surface area (Å²) in [5, 5.41) is 9.38. The Labute approximate surface area is 145 Å². The van der Waals surface area contributed by atoms with E-state index in [1.165, 1.54) is 24.3 Å². The summed E-state index contributed by atoms with van der Waals surface area (Å²) in [5.74, 6) is -0.968. The van der Waals surface area contributed by atoms with Crippen LogP contribution in [0.25, 0.3) is 0 Å². The number of aryl methyl sites for hydroxylation is 1. The smallest absolute Gasteiger partial charge is 0.405 e. The van der Waals surface area contributed by atoms with E-state index in [4.69, 9.17) is 0 Å². The fourth-order valence-corrected chi connectivity index (χ4v) is 3.15. The molecular formula is C20H21F3O2. The highest BCUT2D eigenvalue weighted by atomic mass is 19.4. The van der Waals surface area contributed by atoms with Gasteiger partial charge in [-0.1, -0.05) is 55.8 Å². The van der Waals surface area contributed by atoms with Gasteiger partial charge in [0.25, 0.3) is 0 Å². The van der Waals surface area contributed by atoms with Gasteiger partial charge in [-0.15, -0.1) is 0 Å². The first-order valence-corrected chi connectivity index (χ1v) is 8.24. The molecule has 1 N–H and O–H groups in total. The Bertz CT molecular complexity index is 693. The van der Waals surface area contributed by atoms with E-state index in [2.05, 4.69) is 0 Å². The van der Waals surface area contributed by atoms with Crippen LogP contribution >= 0.6 is 0 Å². The third-order valence-corrected chi connectivity index (χ3v) is 4.43. The van der Waals surface area contributed by atoms with Crippen LogP contribution in [0, 0.1) is 0 Å². The van der Waals surface area contributed by atoms with Crippen LogP contribution in [-0.4, -0.2) is 17.1 Å². The molecule has 0 saturated heterocycles. The summed E-state index contributed by atoms with van der Waals surface area (Å²) in [7, 11) is 0. The number of carbonyl (C=O) groups excluding carboxylic acids is 1. The molecular weight excluding hydrogens is 329 g/mol. The van der Waals surface area contributed by atoms with Gasteiger partial charge in [0, 0.05) is 6.42 Å². The monoisotopic (exact) mass is 350 g/mol. The average Bonchev–Trinajstić information content (AvgIpc) is 2.58. The quantitative estimate of drug-likeness (QED) is 0.746. The molecule has 0 radical (unpaired) electrons. The van der Waals surface area contributed by atoms with E-state index in [0.29, 0.717) is 0 Å². The van der Waals surface area contributed by atoms with Gasteiger partial charge >= 0.3 is 6.18 Å². The summed E-state index contributed by atoms with van der Waals surface area (Å²) >= 11 is 0. The molecule has 0 aliphatic heterocycles. The lowest BCUT2D eigenvalue weighted by Crippen LogP contribution is -2.49. The number of phenols is 1. The maximum atomic E-state index is 14.0. The van der Waals surface area contributed by atoms with Gasteiger partial charge in [0.05, 0.1) is 0 Å². The average molecular weight is 350 g/mol. The molecule has 2 aromatic rings. The van der Waals surface area contributed by atoms with Gasteiger partial charge in [0.1, 0.15) is 11.2 Å². The highest BCUT2D eigenvalue weighted by Crippen LogP contribution is 2.46. The van der Waals surface area contributed by atoms with Crippen molar-refractivity contribution in [2.45, 2.75) is 44.2 Å². The van der Waals surface area contributed by atoms with Crippen LogP contribution in [0.3, 0.4) is 0 Å². The zero-order valence-corrected chi connectivity index (χ0v) is 14.0. The molecule has 134 valence electrons. The van der Waals surface area contributed by atoms with Gasteiger partial charge in [-0.2, -0.15) is 13.2 Å². The third kappa shape index (κ3) is 4.03. The number of ketones is 1. The first-order chi connectivity index (χ1) is 11.8. The molecule has 0 aliphatic carbocycles. The Balaban J connectivity index is 2.39. The minimum Gasteiger partial charge on any atom is -0.508 e. The predicted molar refractivity (Wildman–Crippen MR) is 90.5 cm³/mol. The van der Waals surface area contributed by atoms with Gasteiger partial charge in [0.2, 0.25) is 0 Å². The van der Waals surface area contributed by atoms with Gasteiger partial charge in [0.15, 0.2) is 5.78 Å². The highest BCUT2D eigenvalue weighted by molar-refractivity contribution is 5.91. The van der Waals surface area contributed by atoms with Crippen molar-refractivity contribution in [1.82, 2.24) is 0 Å². The lowest BCUT2D eigenvalue weighted by molar-refractivity contribution is -0.196. The second-order valence-corrected chi connectivity index (χ2v) is 6.11. The molecule has 25 heavy (non-hydrogen) atoms. The Kier molecular flexibility index (Phi) is 5.88. The largest absolute Gasteiger partial charge is 0.508 e. The number of Topliss-reactive ketones (excluding diaryl/α,β-unsaturated/α-hetero) is 1. The highest BCUT2D eigenvalue weighted by Gasteiger charge is 2.59. The van der Waals surface area contributed by atoms with Crippen molar-refractivity contribution in [1.29, 1.82) is 0 Å². The van der Waals surface area contributed by atoms with Crippen LogP contribution in [0.5, 0.6) is 5.75 Å². The molecule has 0 aliphatic rings. The minimum absolute atomic E-state index is 0.113. The fraction of sp³-hybridized carbons (Fsp3) is 0.350. The Hall–Kier alpha value is -2.30. The summed E-state index contributed by atoms with van der Waals surface area (Å²) in [6.07, 6.45) is -4.72. The van der Waals surface area contributed by atoms with Crippen LogP contribution in [0.1, 0.15) is 37.3 Å². The zero-order chi connectivity index (χ0) is 18.5. The van der Waals surface area contributed by atoms with Gasteiger partial charge in [-0.3, -0.25) is 4.79 Å². The zero-order valence-electron chi connectivity index (χ0n) is 14.0. The van der Waals surface area contributed by atoms with Crippen molar-refractivity contribution < 1.29 is 23.1 Å². The third-order valence-electron chi connectivity index (χ3n) is 4.43. The first kappa shape index (κ1) is 19.0. The fourth-order valence-electron chi connectivity index (χ4n) is 3.15. The van der Waals surface area contributed by atoms with Gasteiger partial charge in [-0.25, -0.2) is 0 Å². The normalized spacial score (nSPS) is 14.1. The molecule has 2 rings (SSSR count). The molecule has 2 nitrogen and oxygen atoms in total. The van der Waals surface area contributed by atoms with E-state index in [-0.39, 0.29) is 37.0 Å². The Morgan fingerprint density at radius 2 is 1.60 bits per heavy atom. The molecule has 5 heteroatoms. The second kappa shape index (κ2) is 7.72. The summed E-state index contributed by atoms with van der Waals surface area (Å²) < 4.78 is 42.1.